The molecule has 0 bridgehead atoms. The molecule has 0 radical (unpaired) electrons. The Morgan fingerprint density at radius 1 is 1.26 bits per heavy atom. The van der Waals surface area contributed by atoms with E-state index in [0.29, 0.717) is 5.39 Å². The highest BCUT2D eigenvalue weighted by atomic mass is 19.4. The average Bonchev–Trinajstić information content (AvgIpc) is 2.35. The number of hydrogen-bond donors (Lipinski definition) is 2. The number of fused-ring (bicyclic) bond motifs is 1. The molecule has 0 aliphatic rings. The van der Waals surface area contributed by atoms with E-state index in [1.165, 1.54) is 6.07 Å². The fourth-order valence-electron chi connectivity index (χ4n) is 2.00. The van der Waals surface area contributed by atoms with Crippen LogP contribution in [-0.2, 0) is 6.18 Å². The molecule has 0 spiro atoms. The molecule has 0 aliphatic carbocycles. The zero-order valence-corrected chi connectivity index (χ0v) is 10.5. The van der Waals surface area contributed by atoms with Crippen molar-refractivity contribution in [3.63, 3.8) is 0 Å². The van der Waals surface area contributed by atoms with E-state index in [0.717, 1.165) is 11.6 Å². The summed E-state index contributed by atoms with van der Waals surface area (Å²) in [4.78, 5) is 4.03. The minimum absolute atomic E-state index is 0.0904. The second-order valence-corrected chi connectivity index (χ2v) is 4.60. The predicted molar refractivity (Wildman–Crippen MR) is 68.6 cm³/mol. The lowest BCUT2D eigenvalue weighted by molar-refractivity contribution is -0.136. The van der Waals surface area contributed by atoms with Gasteiger partial charge in [-0.15, -0.1) is 0 Å². The van der Waals surface area contributed by atoms with Crippen LogP contribution in [0, 0.1) is 0 Å². The number of nitrogens with zero attached hydrogens (tertiary/aromatic N) is 1. The quantitative estimate of drug-likeness (QED) is 0.646. The van der Waals surface area contributed by atoms with E-state index < -0.39 is 11.7 Å². The zero-order chi connectivity index (χ0) is 14.2. The van der Waals surface area contributed by atoms with E-state index in [9.17, 15) is 13.2 Å². The number of nitrogens with one attached hydrogen (secondary N) is 1. The second-order valence-electron chi connectivity index (χ2n) is 4.60. The summed E-state index contributed by atoms with van der Waals surface area (Å²) in [5.41, 5.74) is 2.31. The van der Waals surface area contributed by atoms with Crippen molar-refractivity contribution in [3.05, 3.63) is 35.4 Å². The molecule has 1 aromatic carbocycles. The van der Waals surface area contributed by atoms with Crippen molar-refractivity contribution < 1.29 is 13.2 Å². The molecule has 0 atom stereocenters. The second kappa shape index (κ2) is 4.70. The summed E-state index contributed by atoms with van der Waals surface area (Å²) in [6.07, 6.45) is -4.43. The van der Waals surface area contributed by atoms with Gasteiger partial charge in [0.25, 0.3) is 0 Å². The van der Waals surface area contributed by atoms with Crippen LogP contribution in [0.3, 0.4) is 0 Å². The van der Waals surface area contributed by atoms with Crippen LogP contribution in [0.15, 0.2) is 24.3 Å². The number of rotatable bonds is 2. The number of halogens is 3. The van der Waals surface area contributed by atoms with Crippen molar-refractivity contribution in [1.29, 1.82) is 0 Å². The molecule has 2 aromatic rings. The van der Waals surface area contributed by atoms with E-state index in [1.54, 1.807) is 12.1 Å². The van der Waals surface area contributed by atoms with Crippen molar-refractivity contribution in [2.75, 3.05) is 5.43 Å². The maximum absolute atomic E-state index is 12.9. The van der Waals surface area contributed by atoms with Gasteiger partial charge >= 0.3 is 6.18 Å². The van der Waals surface area contributed by atoms with E-state index in [4.69, 9.17) is 5.84 Å². The highest BCUT2D eigenvalue weighted by Crippen LogP contribution is 2.36. The van der Waals surface area contributed by atoms with Gasteiger partial charge in [0, 0.05) is 5.39 Å². The molecular weight excluding hydrogens is 255 g/mol. The summed E-state index contributed by atoms with van der Waals surface area (Å²) < 4.78 is 38.8. The monoisotopic (exact) mass is 269 g/mol. The molecule has 0 saturated carbocycles. The molecule has 6 heteroatoms. The zero-order valence-electron chi connectivity index (χ0n) is 10.5. The maximum Gasteiger partial charge on any atom is 0.418 e. The number of nitrogens with two attached hydrogens (primary N) is 1. The van der Waals surface area contributed by atoms with Crippen LogP contribution in [0.1, 0.15) is 30.9 Å². The third-order valence-corrected chi connectivity index (χ3v) is 2.94. The number of anilines is 1. The highest BCUT2D eigenvalue weighted by molar-refractivity contribution is 5.85. The summed E-state index contributed by atoms with van der Waals surface area (Å²) in [5.74, 6) is 5.73. The fourth-order valence-corrected chi connectivity index (χ4v) is 2.00. The van der Waals surface area contributed by atoms with Crippen LogP contribution in [0.25, 0.3) is 10.9 Å². The van der Waals surface area contributed by atoms with Crippen LogP contribution >= 0.6 is 0 Å². The smallest absolute Gasteiger partial charge is 0.308 e. The Labute approximate surface area is 108 Å². The summed E-state index contributed by atoms with van der Waals surface area (Å²) in [7, 11) is 0. The Balaban J connectivity index is 2.78. The minimum Gasteiger partial charge on any atom is -0.308 e. The topological polar surface area (TPSA) is 50.9 Å². The largest absolute Gasteiger partial charge is 0.418 e. The summed E-state index contributed by atoms with van der Waals surface area (Å²) in [6, 6.07) is 5.71. The van der Waals surface area contributed by atoms with Crippen molar-refractivity contribution >= 4 is 16.7 Å². The molecule has 102 valence electrons. The molecule has 0 amide bonds. The first-order valence-corrected chi connectivity index (χ1v) is 5.82. The summed E-state index contributed by atoms with van der Waals surface area (Å²) in [5, 5.41) is 0.456. The van der Waals surface area contributed by atoms with Gasteiger partial charge in [-0.25, -0.2) is 10.8 Å². The highest BCUT2D eigenvalue weighted by Gasteiger charge is 2.33. The molecule has 3 N–H and O–H groups in total. The molecule has 1 heterocycles. The van der Waals surface area contributed by atoms with Gasteiger partial charge in [-0.3, -0.25) is 0 Å². The normalized spacial score (nSPS) is 12.2. The summed E-state index contributed by atoms with van der Waals surface area (Å²) in [6.45, 7) is 3.86. The number of pyridine rings is 1. The molecular formula is C13H14F3N3. The number of hydrogen-bond acceptors (Lipinski definition) is 3. The Kier molecular flexibility index (Phi) is 3.36. The molecule has 0 aliphatic heterocycles. The van der Waals surface area contributed by atoms with Crippen molar-refractivity contribution in [2.24, 2.45) is 5.84 Å². The van der Waals surface area contributed by atoms with Crippen LogP contribution in [0.4, 0.5) is 19.0 Å². The van der Waals surface area contributed by atoms with Gasteiger partial charge < -0.3 is 5.43 Å². The fraction of sp³-hybridized carbons (Fsp3) is 0.308. The molecule has 0 unspecified atom stereocenters. The van der Waals surface area contributed by atoms with Gasteiger partial charge in [-0.05, 0) is 23.6 Å². The third-order valence-electron chi connectivity index (χ3n) is 2.94. The number of benzene rings is 1. The Bertz CT molecular complexity index is 606. The van der Waals surface area contributed by atoms with Gasteiger partial charge in [-0.1, -0.05) is 26.0 Å². The number of para-hydroxylation sites is 1. The van der Waals surface area contributed by atoms with Crippen LogP contribution < -0.4 is 11.3 Å². The standard InChI is InChI=1S/C13H14F3N3/c1-7(2)9-6-8-4-3-5-10(13(14,15)16)11(8)18-12(9)19-17/h3-7H,17H2,1-2H3,(H,18,19). The number of hydrazine groups is 1. The van der Waals surface area contributed by atoms with Gasteiger partial charge in [0.15, 0.2) is 0 Å². The molecule has 0 saturated heterocycles. The van der Waals surface area contributed by atoms with Gasteiger partial charge in [0.05, 0.1) is 11.1 Å². The number of aromatic nitrogens is 1. The number of alkyl halides is 3. The molecule has 3 nitrogen and oxygen atoms in total. The third kappa shape index (κ3) is 2.49. The van der Waals surface area contributed by atoms with Crippen molar-refractivity contribution in [1.82, 2.24) is 4.98 Å². The average molecular weight is 269 g/mol. The lowest BCUT2D eigenvalue weighted by Gasteiger charge is -2.15. The van der Waals surface area contributed by atoms with E-state index >= 15 is 0 Å². The lowest BCUT2D eigenvalue weighted by Crippen LogP contribution is -2.13. The van der Waals surface area contributed by atoms with Crippen LogP contribution in [0.5, 0.6) is 0 Å². The predicted octanol–water partition coefficient (Wildman–Crippen LogP) is 3.66. The molecule has 1 aromatic heterocycles. The van der Waals surface area contributed by atoms with E-state index in [2.05, 4.69) is 10.4 Å². The minimum atomic E-state index is -4.43. The first-order valence-electron chi connectivity index (χ1n) is 5.82. The van der Waals surface area contributed by atoms with Gasteiger partial charge in [0.1, 0.15) is 5.82 Å². The Morgan fingerprint density at radius 2 is 1.95 bits per heavy atom. The van der Waals surface area contributed by atoms with Crippen LogP contribution in [-0.4, -0.2) is 4.98 Å². The maximum atomic E-state index is 12.9. The van der Waals surface area contributed by atoms with Gasteiger partial charge in [0.2, 0.25) is 0 Å². The van der Waals surface area contributed by atoms with Crippen LogP contribution in [0.2, 0.25) is 0 Å². The molecule has 0 fully saturated rings. The van der Waals surface area contributed by atoms with Crippen molar-refractivity contribution in [3.8, 4) is 0 Å². The van der Waals surface area contributed by atoms with E-state index in [-0.39, 0.29) is 17.3 Å². The summed E-state index contributed by atoms with van der Waals surface area (Å²) >= 11 is 0. The van der Waals surface area contributed by atoms with Crippen molar-refractivity contribution in [2.45, 2.75) is 25.9 Å². The first-order chi connectivity index (χ1) is 8.84. The first kappa shape index (κ1) is 13.6. The Hall–Kier alpha value is -1.82. The number of nitrogen functional groups attached to an aromatic ring is 1. The molecule has 19 heavy (non-hydrogen) atoms. The van der Waals surface area contributed by atoms with E-state index in [1.807, 2.05) is 13.8 Å². The molecule has 2 rings (SSSR count). The SMILES string of the molecule is CC(C)c1cc2cccc(C(F)(F)F)c2nc1NN. The van der Waals surface area contributed by atoms with Gasteiger partial charge in [-0.2, -0.15) is 13.2 Å². The Morgan fingerprint density at radius 3 is 2.47 bits per heavy atom. The lowest BCUT2D eigenvalue weighted by atomic mass is 10.0.